The van der Waals surface area contributed by atoms with E-state index in [1.165, 1.54) is 11.3 Å². The molecule has 2 aliphatic heterocycles. The normalized spacial score (nSPS) is 22.0. The van der Waals surface area contributed by atoms with E-state index < -0.39 is 0 Å². The van der Waals surface area contributed by atoms with Gasteiger partial charge < -0.3 is 19.4 Å². The summed E-state index contributed by atoms with van der Waals surface area (Å²) in [6.45, 7) is 4.07. The molecule has 0 aliphatic carbocycles. The zero-order valence-corrected chi connectivity index (χ0v) is 13.3. The average Bonchev–Trinajstić information content (AvgIpc) is 3.05. The van der Waals surface area contributed by atoms with Gasteiger partial charge in [-0.2, -0.15) is 0 Å². The van der Waals surface area contributed by atoms with Crippen LogP contribution in [0.15, 0.2) is 36.5 Å². The molecule has 23 heavy (non-hydrogen) atoms. The monoisotopic (exact) mass is 313 g/mol. The minimum Gasteiger partial charge on any atom is -0.381 e. The maximum Gasteiger partial charge on any atom is 0.135 e. The molecular weight excluding hydrogens is 290 g/mol. The van der Waals surface area contributed by atoms with E-state index in [0.717, 1.165) is 45.0 Å². The molecule has 0 amide bonds. The molecule has 4 rings (SSSR count). The first kappa shape index (κ1) is 14.9. The van der Waals surface area contributed by atoms with Crippen molar-refractivity contribution in [3.8, 4) is 11.3 Å². The molecule has 0 radical (unpaired) electrons. The largest absolute Gasteiger partial charge is 0.381 e. The average molecular weight is 313 g/mol. The molecule has 0 bridgehead atoms. The van der Waals surface area contributed by atoms with Gasteiger partial charge in [-0.05, 0) is 18.4 Å². The minimum atomic E-state index is 0.196. The lowest BCUT2D eigenvalue weighted by molar-refractivity contribution is -0.00174. The molecule has 0 saturated carbocycles. The third-order valence-electron chi connectivity index (χ3n) is 4.70. The van der Waals surface area contributed by atoms with E-state index in [-0.39, 0.29) is 6.10 Å². The van der Waals surface area contributed by atoms with Crippen LogP contribution in [0.4, 0.5) is 0 Å². The number of ether oxygens (including phenoxy) is 2. The van der Waals surface area contributed by atoms with Gasteiger partial charge in [-0.1, -0.05) is 30.3 Å². The van der Waals surface area contributed by atoms with Gasteiger partial charge in [-0.25, -0.2) is 4.98 Å². The second-order valence-electron chi connectivity index (χ2n) is 6.26. The lowest BCUT2D eigenvalue weighted by Gasteiger charge is -2.29. The van der Waals surface area contributed by atoms with Gasteiger partial charge in [-0.3, -0.25) is 0 Å². The van der Waals surface area contributed by atoms with E-state index in [9.17, 15) is 0 Å². The molecule has 1 atom stereocenters. The van der Waals surface area contributed by atoms with Crippen molar-refractivity contribution < 1.29 is 9.47 Å². The number of fused-ring (bicyclic) bond motifs is 1. The van der Waals surface area contributed by atoms with Gasteiger partial charge in [0.2, 0.25) is 0 Å². The van der Waals surface area contributed by atoms with Crippen molar-refractivity contribution in [3.63, 3.8) is 0 Å². The number of benzene rings is 1. The third kappa shape index (κ3) is 3.32. The highest BCUT2D eigenvalue weighted by atomic mass is 16.5. The molecule has 122 valence electrons. The van der Waals surface area contributed by atoms with Crippen LogP contribution in [0, 0.1) is 0 Å². The zero-order valence-electron chi connectivity index (χ0n) is 13.3. The van der Waals surface area contributed by atoms with Crippen LogP contribution in [-0.2, 0) is 22.6 Å². The fourth-order valence-electron chi connectivity index (χ4n) is 3.34. The summed E-state index contributed by atoms with van der Waals surface area (Å²) < 4.78 is 13.7. The van der Waals surface area contributed by atoms with Crippen LogP contribution in [0.5, 0.6) is 0 Å². The molecule has 1 aromatic heterocycles. The van der Waals surface area contributed by atoms with E-state index in [0.29, 0.717) is 12.6 Å². The Morgan fingerprint density at radius 1 is 1.17 bits per heavy atom. The SMILES string of the molecule is c1ccc(-c2cnc3n2CC(CNC2CCOCC2)OC3)cc1. The van der Waals surface area contributed by atoms with E-state index in [2.05, 4.69) is 39.1 Å². The molecule has 2 aliphatic rings. The second kappa shape index (κ2) is 6.83. The summed E-state index contributed by atoms with van der Waals surface area (Å²) in [5.74, 6) is 1.02. The van der Waals surface area contributed by atoms with Gasteiger partial charge in [0, 0.05) is 25.8 Å². The van der Waals surface area contributed by atoms with Crippen molar-refractivity contribution in [1.82, 2.24) is 14.9 Å². The van der Waals surface area contributed by atoms with Crippen LogP contribution < -0.4 is 5.32 Å². The fourth-order valence-corrected chi connectivity index (χ4v) is 3.34. The summed E-state index contributed by atoms with van der Waals surface area (Å²) in [6.07, 6.45) is 4.35. The topological polar surface area (TPSA) is 48.3 Å². The summed E-state index contributed by atoms with van der Waals surface area (Å²) in [6, 6.07) is 11.0. The maximum absolute atomic E-state index is 5.97. The van der Waals surface area contributed by atoms with Crippen LogP contribution in [0.2, 0.25) is 0 Å². The van der Waals surface area contributed by atoms with Gasteiger partial charge >= 0.3 is 0 Å². The smallest absolute Gasteiger partial charge is 0.135 e. The van der Waals surface area contributed by atoms with Crippen molar-refractivity contribution in [1.29, 1.82) is 0 Å². The summed E-state index contributed by atoms with van der Waals surface area (Å²) >= 11 is 0. The van der Waals surface area contributed by atoms with E-state index in [1.54, 1.807) is 0 Å². The third-order valence-corrected chi connectivity index (χ3v) is 4.70. The molecule has 5 nitrogen and oxygen atoms in total. The number of rotatable bonds is 4. The molecule has 1 aromatic carbocycles. The zero-order chi connectivity index (χ0) is 15.5. The Kier molecular flexibility index (Phi) is 4.41. The van der Waals surface area contributed by atoms with E-state index >= 15 is 0 Å². The quantitative estimate of drug-likeness (QED) is 0.940. The first-order valence-corrected chi connectivity index (χ1v) is 8.43. The van der Waals surface area contributed by atoms with E-state index in [1.807, 2.05) is 12.3 Å². The Balaban J connectivity index is 1.43. The van der Waals surface area contributed by atoms with Gasteiger partial charge in [0.15, 0.2) is 0 Å². The molecule has 1 fully saturated rings. The van der Waals surface area contributed by atoms with Gasteiger partial charge in [-0.15, -0.1) is 0 Å². The van der Waals surface area contributed by atoms with Crippen molar-refractivity contribution in [3.05, 3.63) is 42.4 Å². The van der Waals surface area contributed by atoms with E-state index in [4.69, 9.17) is 9.47 Å². The summed E-state index contributed by atoms with van der Waals surface area (Å²) in [5.41, 5.74) is 2.39. The predicted molar refractivity (Wildman–Crippen MR) is 88.1 cm³/mol. The standard InChI is InChI=1S/C18H23N3O2/c1-2-4-14(5-3-1)17-11-20-18-13-23-16(12-21(17)18)10-19-15-6-8-22-9-7-15/h1-5,11,15-16,19H,6-10,12-13H2. The molecule has 1 saturated heterocycles. The number of nitrogens with one attached hydrogen (secondary N) is 1. The Morgan fingerprint density at radius 2 is 2.00 bits per heavy atom. The van der Waals surface area contributed by atoms with Crippen LogP contribution in [-0.4, -0.2) is 41.5 Å². The van der Waals surface area contributed by atoms with Crippen LogP contribution in [0.1, 0.15) is 18.7 Å². The van der Waals surface area contributed by atoms with Crippen molar-refractivity contribution >= 4 is 0 Å². The Labute approximate surface area is 136 Å². The number of hydrogen-bond acceptors (Lipinski definition) is 4. The number of nitrogens with zero attached hydrogens (tertiary/aromatic N) is 2. The highest BCUT2D eigenvalue weighted by Gasteiger charge is 2.24. The first-order chi connectivity index (χ1) is 11.4. The summed E-state index contributed by atoms with van der Waals surface area (Å²) in [4.78, 5) is 4.52. The molecule has 2 aromatic rings. The lowest BCUT2D eigenvalue weighted by atomic mass is 10.1. The molecule has 5 heteroatoms. The highest BCUT2D eigenvalue weighted by molar-refractivity contribution is 5.59. The molecule has 1 N–H and O–H groups in total. The Bertz CT molecular complexity index is 635. The number of imidazole rings is 1. The molecule has 3 heterocycles. The fraction of sp³-hybridized carbons (Fsp3) is 0.500. The lowest BCUT2D eigenvalue weighted by Crippen LogP contribution is -2.42. The van der Waals surface area contributed by atoms with Gasteiger partial charge in [0.1, 0.15) is 12.4 Å². The Hall–Kier alpha value is -1.69. The summed E-state index contributed by atoms with van der Waals surface area (Å²) in [7, 11) is 0. The van der Waals surface area contributed by atoms with Crippen molar-refractivity contribution in [2.75, 3.05) is 19.8 Å². The van der Waals surface area contributed by atoms with Crippen molar-refractivity contribution in [2.45, 2.75) is 38.1 Å². The Morgan fingerprint density at radius 3 is 2.83 bits per heavy atom. The molecule has 0 spiro atoms. The van der Waals surface area contributed by atoms with Crippen LogP contribution in [0.25, 0.3) is 11.3 Å². The maximum atomic E-state index is 5.97. The molecule has 1 unspecified atom stereocenters. The first-order valence-electron chi connectivity index (χ1n) is 8.43. The van der Waals surface area contributed by atoms with Gasteiger partial charge in [0.25, 0.3) is 0 Å². The summed E-state index contributed by atoms with van der Waals surface area (Å²) in [5, 5.41) is 3.63. The van der Waals surface area contributed by atoms with Crippen LogP contribution >= 0.6 is 0 Å². The molecular formula is C18H23N3O2. The number of aromatic nitrogens is 2. The predicted octanol–water partition coefficient (Wildman–Crippen LogP) is 2.22. The van der Waals surface area contributed by atoms with Crippen LogP contribution in [0.3, 0.4) is 0 Å². The highest BCUT2D eigenvalue weighted by Crippen LogP contribution is 2.24. The van der Waals surface area contributed by atoms with Gasteiger partial charge in [0.05, 0.1) is 24.5 Å². The minimum absolute atomic E-state index is 0.196. The van der Waals surface area contributed by atoms with Crippen molar-refractivity contribution in [2.24, 2.45) is 0 Å². The second-order valence-corrected chi connectivity index (χ2v) is 6.26. The number of hydrogen-bond donors (Lipinski definition) is 1.